The third-order valence-electron chi connectivity index (χ3n) is 2.70. The molecule has 0 bridgehead atoms. The number of hydrogen-bond acceptors (Lipinski definition) is 3. The molecular weight excluding hydrogens is 266 g/mol. The van der Waals surface area contributed by atoms with Gasteiger partial charge in [0, 0.05) is 23.6 Å². The van der Waals surface area contributed by atoms with E-state index in [9.17, 15) is 9.90 Å². The van der Waals surface area contributed by atoms with E-state index in [0.29, 0.717) is 6.42 Å². The highest BCUT2D eigenvalue weighted by atomic mass is 16.6. The van der Waals surface area contributed by atoms with Crippen molar-refractivity contribution in [3.8, 4) is 17.6 Å². The Kier molecular flexibility index (Phi) is 5.66. The van der Waals surface area contributed by atoms with Gasteiger partial charge in [-0.2, -0.15) is 0 Å². The molecule has 0 aliphatic carbocycles. The molecule has 2 N–H and O–H groups in total. The Balaban J connectivity index is 2.54. The van der Waals surface area contributed by atoms with Crippen LogP contribution in [0.15, 0.2) is 18.2 Å². The molecule has 0 aromatic heterocycles. The van der Waals surface area contributed by atoms with Gasteiger partial charge in [-0.05, 0) is 46.8 Å². The molecule has 0 saturated heterocycles. The number of amides is 1. The van der Waals surface area contributed by atoms with E-state index in [0.717, 1.165) is 11.1 Å². The standard InChI is InChI=1S/C17H23NO3/c1-12(18-16(20)21-17(3,4)5)8-6-9-14-10-7-11-15(19)13(14)2/h7,10-12,19H,8H2,1-5H3,(H,18,20). The minimum atomic E-state index is -0.506. The highest BCUT2D eigenvalue weighted by molar-refractivity contribution is 5.68. The number of benzene rings is 1. The Bertz CT molecular complexity index is 562. The van der Waals surface area contributed by atoms with E-state index < -0.39 is 11.7 Å². The largest absolute Gasteiger partial charge is 0.508 e. The molecule has 21 heavy (non-hydrogen) atoms. The quantitative estimate of drug-likeness (QED) is 0.821. The zero-order valence-electron chi connectivity index (χ0n) is 13.3. The lowest BCUT2D eigenvalue weighted by Crippen LogP contribution is -2.37. The molecule has 114 valence electrons. The molecule has 0 saturated carbocycles. The molecule has 0 aliphatic rings. The molecule has 4 nitrogen and oxygen atoms in total. The summed E-state index contributed by atoms with van der Waals surface area (Å²) in [5.74, 6) is 6.25. The predicted molar refractivity (Wildman–Crippen MR) is 83.2 cm³/mol. The Labute approximate surface area is 126 Å². The van der Waals surface area contributed by atoms with Crippen molar-refractivity contribution >= 4 is 6.09 Å². The third-order valence-corrected chi connectivity index (χ3v) is 2.70. The summed E-state index contributed by atoms with van der Waals surface area (Å²) in [6.07, 6.45) is 0.0688. The topological polar surface area (TPSA) is 58.6 Å². The van der Waals surface area contributed by atoms with Crippen molar-refractivity contribution in [2.75, 3.05) is 0 Å². The molecule has 4 heteroatoms. The first kappa shape index (κ1) is 16.9. The Morgan fingerprint density at radius 1 is 1.43 bits per heavy atom. The zero-order chi connectivity index (χ0) is 16.0. The summed E-state index contributed by atoms with van der Waals surface area (Å²) in [6, 6.07) is 5.14. The lowest BCUT2D eigenvalue weighted by Gasteiger charge is -2.21. The highest BCUT2D eigenvalue weighted by Crippen LogP contribution is 2.18. The summed E-state index contributed by atoms with van der Waals surface area (Å²) in [5.41, 5.74) is 1.05. The molecule has 0 spiro atoms. The Morgan fingerprint density at radius 2 is 2.10 bits per heavy atom. The SMILES string of the molecule is Cc1c(O)cccc1C#CCC(C)NC(=O)OC(C)(C)C. The van der Waals surface area contributed by atoms with E-state index >= 15 is 0 Å². The van der Waals surface area contributed by atoms with Crippen molar-refractivity contribution < 1.29 is 14.6 Å². The molecule has 1 aromatic rings. The van der Waals surface area contributed by atoms with Crippen LogP contribution in [-0.4, -0.2) is 22.8 Å². The van der Waals surface area contributed by atoms with Gasteiger partial charge in [-0.3, -0.25) is 0 Å². The van der Waals surface area contributed by atoms with Crippen molar-refractivity contribution in [2.24, 2.45) is 0 Å². The summed E-state index contributed by atoms with van der Waals surface area (Å²) in [4.78, 5) is 11.6. The van der Waals surface area contributed by atoms with Crippen molar-refractivity contribution in [3.05, 3.63) is 29.3 Å². The number of hydrogen-bond donors (Lipinski definition) is 2. The fraction of sp³-hybridized carbons (Fsp3) is 0.471. The summed E-state index contributed by atoms with van der Waals surface area (Å²) in [7, 11) is 0. The number of rotatable bonds is 2. The minimum absolute atomic E-state index is 0.107. The van der Waals surface area contributed by atoms with Gasteiger partial charge in [-0.1, -0.05) is 17.9 Å². The molecule has 1 atom stereocenters. The summed E-state index contributed by atoms with van der Waals surface area (Å²) in [5, 5.41) is 12.3. The normalized spacial score (nSPS) is 12.0. The van der Waals surface area contributed by atoms with Gasteiger partial charge in [-0.15, -0.1) is 0 Å². The maximum atomic E-state index is 11.6. The number of nitrogens with one attached hydrogen (secondary N) is 1. The molecule has 1 amide bonds. The third kappa shape index (κ3) is 6.22. The average molecular weight is 289 g/mol. The van der Waals surface area contributed by atoms with Gasteiger partial charge in [-0.25, -0.2) is 4.79 Å². The zero-order valence-corrected chi connectivity index (χ0v) is 13.3. The number of alkyl carbamates (subject to hydrolysis) is 1. The van der Waals surface area contributed by atoms with Crippen LogP contribution < -0.4 is 5.32 Å². The number of carbonyl (C=O) groups excluding carboxylic acids is 1. The van der Waals surface area contributed by atoms with Crippen LogP contribution in [0.3, 0.4) is 0 Å². The van der Waals surface area contributed by atoms with Gasteiger partial charge in [0.15, 0.2) is 0 Å². The van der Waals surface area contributed by atoms with Gasteiger partial charge in [0.2, 0.25) is 0 Å². The van der Waals surface area contributed by atoms with E-state index in [1.165, 1.54) is 0 Å². The maximum Gasteiger partial charge on any atom is 0.407 e. The van der Waals surface area contributed by atoms with Crippen LogP contribution in [0.25, 0.3) is 0 Å². The molecule has 1 unspecified atom stereocenters. The van der Waals surface area contributed by atoms with Gasteiger partial charge in [0.05, 0.1) is 0 Å². The summed E-state index contributed by atoms with van der Waals surface area (Å²) < 4.78 is 5.18. The van der Waals surface area contributed by atoms with E-state index in [1.54, 1.807) is 12.1 Å². The van der Waals surface area contributed by atoms with E-state index in [1.807, 2.05) is 40.7 Å². The van der Waals surface area contributed by atoms with E-state index in [2.05, 4.69) is 17.2 Å². The lowest BCUT2D eigenvalue weighted by molar-refractivity contribution is 0.0509. The van der Waals surface area contributed by atoms with Crippen molar-refractivity contribution in [1.82, 2.24) is 5.32 Å². The van der Waals surface area contributed by atoms with Crippen molar-refractivity contribution in [2.45, 2.75) is 52.7 Å². The molecular formula is C17H23NO3. The first-order valence-electron chi connectivity index (χ1n) is 6.96. The van der Waals surface area contributed by atoms with Crippen LogP contribution in [-0.2, 0) is 4.74 Å². The summed E-state index contributed by atoms with van der Waals surface area (Å²) >= 11 is 0. The summed E-state index contributed by atoms with van der Waals surface area (Å²) in [6.45, 7) is 9.15. The second-order valence-corrected chi connectivity index (χ2v) is 6.00. The smallest absolute Gasteiger partial charge is 0.407 e. The first-order chi connectivity index (χ1) is 9.69. The molecule has 0 radical (unpaired) electrons. The molecule has 0 aliphatic heterocycles. The van der Waals surface area contributed by atoms with E-state index in [4.69, 9.17) is 4.74 Å². The fourth-order valence-electron chi connectivity index (χ4n) is 1.62. The molecule has 0 heterocycles. The van der Waals surface area contributed by atoms with E-state index in [-0.39, 0.29) is 11.8 Å². The van der Waals surface area contributed by atoms with Gasteiger partial charge in [0.1, 0.15) is 11.4 Å². The van der Waals surface area contributed by atoms with Crippen LogP contribution in [0, 0.1) is 18.8 Å². The predicted octanol–water partition coefficient (Wildman–Crippen LogP) is 3.36. The average Bonchev–Trinajstić information content (AvgIpc) is 2.32. The molecule has 1 aromatic carbocycles. The lowest BCUT2D eigenvalue weighted by atomic mass is 10.1. The first-order valence-corrected chi connectivity index (χ1v) is 6.96. The monoisotopic (exact) mass is 289 g/mol. The van der Waals surface area contributed by atoms with Crippen molar-refractivity contribution in [1.29, 1.82) is 0 Å². The fourth-order valence-corrected chi connectivity index (χ4v) is 1.62. The Hall–Kier alpha value is -2.15. The number of ether oxygens (including phenoxy) is 1. The van der Waals surface area contributed by atoms with Crippen LogP contribution in [0.5, 0.6) is 5.75 Å². The van der Waals surface area contributed by atoms with Crippen LogP contribution in [0.1, 0.15) is 45.2 Å². The second kappa shape index (κ2) is 7.03. The molecule has 1 rings (SSSR count). The number of phenols is 1. The Morgan fingerprint density at radius 3 is 2.71 bits per heavy atom. The maximum absolute atomic E-state index is 11.6. The second-order valence-electron chi connectivity index (χ2n) is 6.00. The molecule has 0 fully saturated rings. The highest BCUT2D eigenvalue weighted by Gasteiger charge is 2.17. The van der Waals surface area contributed by atoms with Gasteiger partial charge < -0.3 is 15.2 Å². The van der Waals surface area contributed by atoms with Crippen molar-refractivity contribution in [3.63, 3.8) is 0 Å². The number of carbonyl (C=O) groups is 1. The van der Waals surface area contributed by atoms with Crippen LogP contribution in [0.2, 0.25) is 0 Å². The number of aromatic hydroxyl groups is 1. The van der Waals surface area contributed by atoms with Gasteiger partial charge >= 0.3 is 6.09 Å². The van der Waals surface area contributed by atoms with Crippen LogP contribution in [0.4, 0.5) is 4.79 Å². The number of phenolic OH excluding ortho intramolecular Hbond substituents is 1. The van der Waals surface area contributed by atoms with Gasteiger partial charge in [0.25, 0.3) is 0 Å². The minimum Gasteiger partial charge on any atom is -0.508 e. The van der Waals surface area contributed by atoms with Crippen LogP contribution >= 0.6 is 0 Å².